The zero-order valence-corrected chi connectivity index (χ0v) is 18.9. The Morgan fingerprint density at radius 2 is 2.13 bits per heavy atom. The highest BCUT2D eigenvalue weighted by Crippen LogP contribution is 2.42. The molecule has 0 fully saturated rings. The number of benzene rings is 1. The molecule has 7 nitrogen and oxygen atoms in total. The van der Waals surface area contributed by atoms with Gasteiger partial charge in [-0.2, -0.15) is 0 Å². The number of hydrogen-bond acceptors (Lipinski definition) is 6. The molecular weight excluding hydrogens is 412 g/mol. The number of fused-ring (bicyclic) bond motifs is 4. The Balaban J connectivity index is 2.03. The lowest BCUT2D eigenvalue weighted by atomic mass is 9.69. The van der Waals surface area contributed by atoms with Crippen LogP contribution in [0, 0.1) is 0 Å². The van der Waals surface area contributed by atoms with Gasteiger partial charge in [-0.25, -0.2) is 14.1 Å². The number of esters is 1. The fourth-order valence-corrected chi connectivity index (χ4v) is 4.88. The number of nitrogens with zero attached hydrogens (tertiary/aromatic N) is 4. The molecule has 31 heavy (non-hydrogen) atoms. The van der Waals surface area contributed by atoms with Crippen molar-refractivity contribution in [3.8, 4) is 11.3 Å². The van der Waals surface area contributed by atoms with E-state index in [1.165, 1.54) is 26.4 Å². The van der Waals surface area contributed by atoms with Crippen LogP contribution >= 0.6 is 11.8 Å². The molecule has 3 aromatic rings. The highest BCUT2D eigenvalue weighted by atomic mass is 32.2. The van der Waals surface area contributed by atoms with E-state index >= 15 is 0 Å². The van der Waals surface area contributed by atoms with Gasteiger partial charge in [0.25, 0.3) is 5.56 Å². The van der Waals surface area contributed by atoms with E-state index in [2.05, 4.69) is 31.6 Å². The molecule has 8 heteroatoms. The van der Waals surface area contributed by atoms with Crippen molar-refractivity contribution >= 4 is 23.5 Å². The average molecular weight is 439 g/mol. The topological polar surface area (TPSA) is 78.5 Å². The number of rotatable bonds is 7. The molecule has 4 rings (SSSR count). The van der Waals surface area contributed by atoms with E-state index in [0.29, 0.717) is 27.9 Å². The van der Waals surface area contributed by atoms with Crippen LogP contribution in [-0.2, 0) is 27.9 Å². The minimum Gasteiger partial charge on any atom is -0.465 e. The molecule has 0 bridgehead atoms. The maximum absolute atomic E-state index is 13.9. The number of carbonyl (C=O) groups excluding carboxylic acids is 1. The first-order valence-electron chi connectivity index (χ1n) is 10.4. The third-order valence-corrected chi connectivity index (χ3v) is 6.77. The maximum Gasteiger partial charge on any atom is 0.327 e. The van der Waals surface area contributed by atoms with Crippen molar-refractivity contribution in [3.63, 3.8) is 0 Å². The first-order chi connectivity index (χ1) is 14.9. The number of hydrogen-bond donors (Lipinski definition) is 0. The number of ether oxygens (including phenoxy) is 1. The predicted molar refractivity (Wildman–Crippen MR) is 122 cm³/mol. The van der Waals surface area contributed by atoms with E-state index < -0.39 is 5.97 Å². The number of aromatic nitrogens is 4. The average Bonchev–Trinajstić information content (AvgIpc) is 3.09. The molecular formula is C23H26N4O3S. The monoisotopic (exact) mass is 438 g/mol. The van der Waals surface area contributed by atoms with Crippen LogP contribution in [0.25, 0.3) is 17.0 Å². The van der Waals surface area contributed by atoms with Crippen LogP contribution in [0.3, 0.4) is 0 Å². The molecule has 0 aliphatic heterocycles. The summed E-state index contributed by atoms with van der Waals surface area (Å²) in [5.41, 5.74) is 3.07. The first-order valence-corrected chi connectivity index (χ1v) is 11.4. The Morgan fingerprint density at radius 3 is 2.84 bits per heavy atom. The Labute approximate surface area is 185 Å². The van der Waals surface area contributed by atoms with Gasteiger partial charge in [0.15, 0.2) is 5.16 Å². The van der Waals surface area contributed by atoms with Crippen molar-refractivity contribution in [2.24, 2.45) is 0 Å². The molecule has 0 saturated heterocycles. The molecule has 0 radical (unpaired) electrons. The minimum absolute atomic E-state index is 0.107. The van der Waals surface area contributed by atoms with Gasteiger partial charge < -0.3 is 4.74 Å². The second-order valence-corrected chi connectivity index (χ2v) is 8.86. The van der Waals surface area contributed by atoms with Crippen LogP contribution in [0.5, 0.6) is 0 Å². The van der Waals surface area contributed by atoms with E-state index in [1.54, 1.807) is 13.0 Å². The SMILES string of the molecule is C=CCSc1nn(CC(=O)OCC)c2nc3c(c(=O)n12)[C@](C)(CC)Cc1ccccc1-3. The van der Waals surface area contributed by atoms with Crippen molar-refractivity contribution in [1.82, 2.24) is 19.2 Å². The Hall–Kier alpha value is -2.87. The third-order valence-electron chi connectivity index (χ3n) is 5.85. The molecule has 2 heterocycles. The summed E-state index contributed by atoms with van der Waals surface area (Å²) in [6.45, 7) is 9.91. The Morgan fingerprint density at radius 1 is 1.35 bits per heavy atom. The van der Waals surface area contributed by atoms with E-state index in [-0.39, 0.29) is 24.1 Å². The summed E-state index contributed by atoms with van der Waals surface area (Å²) in [4.78, 5) is 31.0. The van der Waals surface area contributed by atoms with E-state index in [0.717, 1.165) is 18.4 Å². The maximum atomic E-state index is 13.9. The van der Waals surface area contributed by atoms with Crippen LogP contribution in [0.15, 0.2) is 46.9 Å². The molecule has 1 aliphatic rings. The van der Waals surface area contributed by atoms with Gasteiger partial charge in [0.05, 0.1) is 17.9 Å². The molecule has 2 aromatic heterocycles. The standard InChI is InChI=1S/C23H26N4O3S/c1-5-12-31-22-25-26(14-17(28)30-7-3)21-24-19-16-11-9-8-10-15(16)13-23(4,6-2)18(19)20(29)27(21)22/h5,8-11H,1,6-7,12-14H2,2-4H3/t23-/m1/s1. The molecule has 1 aliphatic carbocycles. The zero-order valence-electron chi connectivity index (χ0n) is 18.1. The number of thioether (sulfide) groups is 1. The minimum atomic E-state index is -0.418. The fourth-order valence-electron chi connectivity index (χ4n) is 4.16. The third kappa shape index (κ3) is 3.59. The van der Waals surface area contributed by atoms with Gasteiger partial charge in [-0.3, -0.25) is 9.59 Å². The van der Waals surface area contributed by atoms with Gasteiger partial charge in [0.1, 0.15) is 6.54 Å². The van der Waals surface area contributed by atoms with Gasteiger partial charge in [-0.05, 0) is 25.3 Å². The van der Waals surface area contributed by atoms with Crippen molar-refractivity contribution in [2.45, 2.75) is 50.7 Å². The predicted octanol–water partition coefficient (Wildman–Crippen LogP) is 3.62. The normalized spacial score (nSPS) is 17.3. The van der Waals surface area contributed by atoms with Crippen molar-refractivity contribution in [3.05, 3.63) is 58.4 Å². The summed E-state index contributed by atoms with van der Waals surface area (Å²) >= 11 is 1.39. The van der Waals surface area contributed by atoms with Crippen LogP contribution in [-0.4, -0.2) is 37.5 Å². The summed E-state index contributed by atoms with van der Waals surface area (Å²) in [7, 11) is 0. The quantitative estimate of drug-likeness (QED) is 0.318. The van der Waals surface area contributed by atoms with Gasteiger partial charge in [-0.15, -0.1) is 11.7 Å². The summed E-state index contributed by atoms with van der Waals surface area (Å²) < 4.78 is 8.10. The first kappa shape index (κ1) is 21.4. The molecule has 0 N–H and O–H groups in total. The van der Waals surface area contributed by atoms with Crippen LogP contribution in [0.4, 0.5) is 0 Å². The Kier molecular flexibility index (Phi) is 5.75. The van der Waals surface area contributed by atoms with Gasteiger partial charge in [0.2, 0.25) is 5.78 Å². The summed E-state index contributed by atoms with van der Waals surface area (Å²) in [6.07, 6.45) is 3.34. The largest absolute Gasteiger partial charge is 0.465 e. The molecule has 1 atom stereocenters. The molecule has 0 saturated carbocycles. The molecule has 162 valence electrons. The zero-order chi connectivity index (χ0) is 22.2. The molecule has 0 unspecified atom stereocenters. The molecule has 0 amide bonds. The fraction of sp³-hybridized carbons (Fsp3) is 0.391. The highest BCUT2D eigenvalue weighted by Gasteiger charge is 2.38. The van der Waals surface area contributed by atoms with Crippen LogP contribution in [0.1, 0.15) is 38.3 Å². The lowest BCUT2D eigenvalue weighted by Crippen LogP contribution is -2.38. The number of carbonyl (C=O) groups is 1. The van der Waals surface area contributed by atoms with E-state index in [1.807, 2.05) is 18.2 Å². The molecule has 0 spiro atoms. The summed E-state index contributed by atoms with van der Waals surface area (Å²) in [5.74, 6) is 0.514. The highest BCUT2D eigenvalue weighted by molar-refractivity contribution is 7.99. The van der Waals surface area contributed by atoms with E-state index in [9.17, 15) is 9.59 Å². The second kappa shape index (κ2) is 8.34. The van der Waals surface area contributed by atoms with Gasteiger partial charge in [0, 0.05) is 16.7 Å². The summed E-state index contributed by atoms with van der Waals surface area (Å²) in [6, 6.07) is 8.07. The van der Waals surface area contributed by atoms with Crippen LogP contribution in [0.2, 0.25) is 0 Å². The van der Waals surface area contributed by atoms with Crippen molar-refractivity contribution in [1.29, 1.82) is 0 Å². The van der Waals surface area contributed by atoms with Crippen molar-refractivity contribution < 1.29 is 9.53 Å². The Bertz CT molecular complexity index is 1230. The van der Waals surface area contributed by atoms with E-state index in [4.69, 9.17) is 9.72 Å². The lowest BCUT2D eigenvalue weighted by molar-refractivity contribution is -0.143. The lowest BCUT2D eigenvalue weighted by Gasteiger charge is -2.35. The smallest absolute Gasteiger partial charge is 0.327 e. The van der Waals surface area contributed by atoms with Gasteiger partial charge >= 0.3 is 5.97 Å². The second-order valence-electron chi connectivity index (χ2n) is 7.87. The van der Waals surface area contributed by atoms with Gasteiger partial charge in [-0.1, -0.05) is 56.0 Å². The summed E-state index contributed by atoms with van der Waals surface area (Å²) in [5, 5.41) is 5.04. The molecule has 1 aromatic carbocycles. The van der Waals surface area contributed by atoms with Crippen molar-refractivity contribution in [2.75, 3.05) is 12.4 Å². The van der Waals surface area contributed by atoms with Crippen LogP contribution < -0.4 is 5.56 Å².